The van der Waals surface area contributed by atoms with E-state index in [-0.39, 0.29) is 34.3 Å². The van der Waals surface area contributed by atoms with Gasteiger partial charge in [-0.3, -0.25) is 9.69 Å². The second-order valence-electron chi connectivity index (χ2n) is 7.58. The smallest absolute Gasteiger partial charge is 0.280 e. The number of piperidine rings is 1. The molecule has 10 heteroatoms. The van der Waals surface area contributed by atoms with Gasteiger partial charge < -0.3 is 20.5 Å². The van der Waals surface area contributed by atoms with Crippen molar-refractivity contribution in [3.05, 3.63) is 52.8 Å². The van der Waals surface area contributed by atoms with Gasteiger partial charge in [0.05, 0.1) is 42.6 Å². The average Bonchev–Trinajstić information content (AvgIpc) is 2.75. The second-order valence-corrected chi connectivity index (χ2v) is 7.99. The summed E-state index contributed by atoms with van der Waals surface area (Å²) in [6.45, 7) is 0.662. The number of nitrogen functional groups attached to an aromatic ring is 1. The van der Waals surface area contributed by atoms with E-state index in [1.54, 1.807) is 4.90 Å². The van der Waals surface area contributed by atoms with Crippen molar-refractivity contribution < 1.29 is 27.4 Å². The number of carbonyl (C=O) groups excluding carboxylic acids is 1. The van der Waals surface area contributed by atoms with Crippen LogP contribution in [0, 0.1) is 5.82 Å². The van der Waals surface area contributed by atoms with Crippen molar-refractivity contribution >= 4 is 23.2 Å². The number of nitrogens with two attached hydrogens (primary N) is 1. The molecule has 0 bridgehead atoms. The van der Waals surface area contributed by atoms with Gasteiger partial charge in [-0.25, -0.2) is 13.2 Å². The van der Waals surface area contributed by atoms with Gasteiger partial charge in [-0.15, -0.1) is 0 Å². The van der Waals surface area contributed by atoms with Crippen molar-refractivity contribution in [2.24, 2.45) is 0 Å². The maximum Gasteiger partial charge on any atom is 0.280 e. The molecule has 0 aromatic heterocycles. The van der Waals surface area contributed by atoms with E-state index >= 15 is 0 Å². The van der Waals surface area contributed by atoms with Crippen molar-refractivity contribution in [2.45, 2.75) is 24.8 Å². The number of alkyl halides is 2. The number of nitrogens with zero attached hydrogens (tertiary/aromatic N) is 1. The molecule has 3 N–H and O–H groups in total. The minimum Gasteiger partial charge on any atom is -0.496 e. The Morgan fingerprint density at radius 1 is 1.31 bits per heavy atom. The van der Waals surface area contributed by atoms with Crippen molar-refractivity contribution in [3.8, 4) is 11.5 Å². The van der Waals surface area contributed by atoms with Gasteiger partial charge in [0.1, 0.15) is 17.3 Å². The van der Waals surface area contributed by atoms with E-state index in [1.165, 1.54) is 43.5 Å². The van der Waals surface area contributed by atoms with E-state index < -0.39 is 24.4 Å². The summed E-state index contributed by atoms with van der Waals surface area (Å²) in [5, 5.41) is 2.55. The van der Waals surface area contributed by atoms with Crippen LogP contribution < -0.4 is 20.5 Å². The summed E-state index contributed by atoms with van der Waals surface area (Å²) in [6.07, 6.45) is 0.619. The van der Waals surface area contributed by atoms with Crippen LogP contribution >= 0.6 is 11.6 Å². The number of anilines is 1. The number of nitrogens with one attached hydrogen (secondary N) is 1. The third-order valence-corrected chi connectivity index (χ3v) is 5.58. The Hall–Kier alpha value is -2.65. The zero-order valence-electron chi connectivity index (χ0n) is 17.5. The number of rotatable bonds is 8. The van der Waals surface area contributed by atoms with E-state index in [9.17, 15) is 18.0 Å². The lowest BCUT2D eigenvalue weighted by atomic mass is 9.99. The molecule has 174 valence electrons. The van der Waals surface area contributed by atoms with Crippen molar-refractivity contribution in [1.82, 2.24) is 10.2 Å². The Kier molecular flexibility index (Phi) is 7.73. The lowest BCUT2D eigenvalue weighted by Crippen LogP contribution is -2.58. The highest BCUT2D eigenvalue weighted by Crippen LogP contribution is 2.31. The van der Waals surface area contributed by atoms with E-state index in [2.05, 4.69) is 5.32 Å². The summed E-state index contributed by atoms with van der Waals surface area (Å²) < 4.78 is 53.0. The zero-order chi connectivity index (χ0) is 23.3. The van der Waals surface area contributed by atoms with Crippen molar-refractivity contribution in [3.63, 3.8) is 0 Å². The molecule has 0 saturated carbocycles. The number of halogens is 4. The molecule has 0 aliphatic carbocycles. The average molecular weight is 472 g/mol. The molecule has 1 heterocycles. The Labute approximate surface area is 189 Å². The number of hydrogen-bond donors (Lipinski definition) is 2. The van der Waals surface area contributed by atoms with E-state index in [0.717, 1.165) is 0 Å². The molecule has 0 spiro atoms. The van der Waals surface area contributed by atoms with Gasteiger partial charge in [0, 0.05) is 19.2 Å². The quantitative estimate of drug-likeness (QED) is 0.450. The summed E-state index contributed by atoms with van der Waals surface area (Å²) in [5.41, 5.74) is 5.97. The van der Waals surface area contributed by atoms with Crippen LogP contribution in [0.4, 0.5) is 18.9 Å². The summed E-state index contributed by atoms with van der Waals surface area (Å²) in [5.74, 6) is -3.49. The Morgan fingerprint density at radius 2 is 2.03 bits per heavy atom. The van der Waals surface area contributed by atoms with E-state index in [4.69, 9.17) is 26.8 Å². The zero-order valence-corrected chi connectivity index (χ0v) is 18.3. The molecule has 3 rings (SSSR count). The molecule has 6 nitrogen and oxygen atoms in total. The Bertz CT molecular complexity index is 944. The molecule has 1 aliphatic rings. The number of benzene rings is 2. The summed E-state index contributed by atoms with van der Waals surface area (Å²) >= 11 is 5.97. The first kappa shape index (κ1) is 24.0. The largest absolute Gasteiger partial charge is 0.496 e. The Morgan fingerprint density at radius 3 is 2.69 bits per heavy atom. The molecule has 2 aromatic rings. The SMILES string of the molecule is COc1cc(N)c(Cl)cc1C(=O)NC1CCN(CCCOc2ccc(F)cc2)CC1(F)F. The maximum atomic E-state index is 14.7. The van der Waals surface area contributed by atoms with Crippen molar-refractivity contribution in [2.75, 3.05) is 39.1 Å². The highest BCUT2D eigenvalue weighted by atomic mass is 35.5. The fourth-order valence-electron chi connectivity index (χ4n) is 3.54. The third-order valence-electron chi connectivity index (χ3n) is 5.25. The van der Waals surface area contributed by atoms with Gasteiger partial charge in [-0.2, -0.15) is 0 Å². The van der Waals surface area contributed by atoms with Gasteiger partial charge in [0.2, 0.25) is 0 Å². The van der Waals surface area contributed by atoms with Crippen LogP contribution in [-0.2, 0) is 0 Å². The fraction of sp³-hybridized carbons (Fsp3) is 0.409. The van der Waals surface area contributed by atoms with Crippen LogP contribution in [0.1, 0.15) is 23.2 Å². The van der Waals surface area contributed by atoms with Gasteiger partial charge in [0.25, 0.3) is 11.8 Å². The molecular weight excluding hydrogens is 447 g/mol. The normalized spacial score (nSPS) is 18.2. The molecule has 1 atom stereocenters. The molecule has 1 fully saturated rings. The maximum absolute atomic E-state index is 14.7. The lowest BCUT2D eigenvalue weighted by molar-refractivity contribution is -0.0879. The first-order valence-corrected chi connectivity index (χ1v) is 10.5. The molecular formula is C22H25ClF3N3O3. The summed E-state index contributed by atoms with van der Waals surface area (Å²) in [4.78, 5) is 14.3. The number of hydrogen-bond acceptors (Lipinski definition) is 5. The summed E-state index contributed by atoms with van der Waals surface area (Å²) in [7, 11) is 1.35. The monoisotopic (exact) mass is 471 g/mol. The molecule has 2 aromatic carbocycles. The fourth-order valence-corrected chi connectivity index (χ4v) is 3.70. The van der Waals surface area contributed by atoms with Crippen LogP contribution in [-0.4, -0.2) is 56.1 Å². The van der Waals surface area contributed by atoms with Crippen LogP contribution in [0.25, 0.3) is 0 Å². The van der Waals surface area contributed by atoms with Crippen LogP contribution in [0.2, 0.25) is 5.02 Å². The van der Waals surface area contributed by atoms with Crippen LogP contribution in [0.15, 0.2) is 36.4 Å². The number of likely N-dealkylation sites (tertiary alicyclic amines) is 1. The third kappa shape index (κ3) is 5.98. The first-order chi connectivity index (χ1) is 15.2. The van der Waals surface area contributed by atoms with Gasteiger partial charge in [0.15, 0.2) is 0 Å². The predicted octanol–water partition coefficient (Wildman–Crippen LogP) is 3.98. The topological polar surface area (TPSA) is 76.8 Å². The molecule has 1 saturated heterocycles. The van der Waals surface area contributed by atoms with Gasteiger partial charge >= 0.3 is 0 Å². The highest BCUT2D eigenvalue weighted by Gasteiger charge is 2.45. The second kappa shape index (κ2) is 10.3. The number of methoxy groups -OCH3 is 1. The number of carbonyl (C=O) groups is 1. The standard InChI is InChI=1S/C22H25ClF3N3O3/c1-31-19-12-18(27)17(23)11-16(19)21(30)28-20-7-9-29(13-22(20,25)26)8-2-10-32-15-5-3-14(24)4-6-15/h3-6,11-12,20H,2,7-10,13,27H2,1H3,(H,28,30). The molecule has 32 heavy (non-hydrogen) atoms. The summed E-state index contributed by atoms with van der Waals surface area (Å²) in [6, 6.07) is 6.99. The van der Waals surface area contributed by atoms with Gasteiger partial charge in [-0.1, -0.05) is 11.6 Å². The molecule has 0 radical (unpaired) electrons. The number of ether oxygens (including phenoxy) is 2. The highest BCUT2D eigenvalue weighted by molar-refractivity contribution is 6.33. The molecule has 1 unspecified atom stereocenters. The Balaban J connectivity index is 1.51. The number of amides is 1. The lowest BCUT2D eigenvalue weighted by Gasteiger charge is -2.38. The van der Waals surface area contributed by atoms with E-state index in [0.29, 0.717) is 31.9 Å². The van der Waals surface area contributed by atoms with Crippen LogP contribution in [0.5, 0.6) is 11.5 Å². The van der Waals surface area contributed by atoms with Crippen LogP contribution in [0.3, 0.4) is 0 Å². The van der Waals surface area contributed by atoms with Gasteiger partial charge in [-0.05, 0) is 43.2 Å². The molecule has 1 aliphatic heterocycles. The predicted molar refractivity (Wildman–Crippen MR) is 116 cm³/mol. The molecule has 1 amide bonds. The van der Waals surface area contributed by atoms with E-state index in [1.807, 2.05) is 0 Å². The minimum absolute atomic E-state index is 0.0443. The van der Waals surface area contributed by atoms with Crippen molar-refractivity contribution in [1.29, 1.82) is 0 Å². The minimum atomic E-state index is -3.11. The first-order valence-electron chi connectivity index (χ1n) is 10.1.